The average Bonchev–Trinajstić information content (AvgIpc) is 2.73. The molecule has 0 unspecified atom stereocenters. The second kappa shape index (κ2) is 10.5. The number of unbranched alkanes of at least 4 members (excludes halogenated alkanes) is 9. The van der Waals surface area contributed by atoms with Crippen molar-refractivity contribution in [2.75, 3.05) is 0 Å². The molecule has 2 nitrogen and oxygen atoms in total. The predicted molar refractivity (Wildman–Crippen MR) is 84.2 cm³/mol. The van der Waals surface area contributed by atoms with Gasteiger partial charge in [-0.15, -0.1) is 0 Å². The summed E-state index contributed by atoms with van der Waals surface area (Å²) in [5.74, 6) is 0. The molecule has 19 heavy (non-hydrogen) atoms. The molecule has 0 aliphatic heterocycles. The Morgan fingerprint density at radius 3 is 1.84 bits per heavy atom. The van der Waals surface area contributed by atoms with Crippen LogP contribution in [0, 0.1) is 4.32 Å². The second-order valence-corrected chi connectivity index (χ2v) is 6.33. The molecule has 0 radical (unpaired) electrons. The van der Waals surface area contributed by atoms with Crippen molar-refractivity contribution in [1.82, 2.24) is 9.13 Å². The van der Waals surface area contributed by atoms with Crippen molar-refractivity contribution in [3.05, 3.63) is 16.7 Å². The molecule has 0 bridgehead atoms. The van der Waals surface area contributed by atoms with Crippen molar-refractivity contribution in [1.29, 1.82) is 0 Å². The van der Waals surface area contributed by atoms with Gasteiger partial charge in [0.05, 0.1) is 0 Å². The van der Waals surface area contributed by atoms with E-state index in [2.05, 4.69) is 51.1 Å². The summed E-state index contributed by atoms with van der Waals surface area (Å²) in [4.78, 5) is 0. The Bertz CT molecular complexity index is 378. The molecule has 0 fully saturated rings. The zero-order valence-electron chi connectivity index (χ0n) is 12.7. The van der Waals surface area contributed by atoms with Crippen LogP contribution in [0.25, 0.3) is 0 Å². The number of aromatic nitrogens is 2. The Kier molecular flexibility index (Phi) is 9.28. The maximum atomic E-state index is 3.13. The zero-order valence-corrected chi connectivity index (χ0v) is 14.4. The van der Waals surface area contributed by atoms with Crippen LogP contribution in [0.5, 0.6) is 0 Å². The van der Waals surface area contributed by atoms with Gasteiger partial charge < -0.3 is 0 Å². The van der Waals surface area contributed by atoms with E-state index in [9.17, 15) is 0 Å². The third-order valence-corrected chi connectivity index (χ3v) is 4.87. The minimum atomic E-state index is 1.15. The number of rotatable bonds is 11. The maximum absolute atomic E-state index is 3.13. The average molecular weight is 329 g/mol. The molecule has 0 spiro atoms. The normalized spacial score (nSPS) is 11.1. The van der Waals surface area contributed by atoms with Crippen molar-refractivity contribution in [3.8, 4) is 0 Å². The summed E-state index contributed by atoms with van der Waals surface area (Å²) in [5.41, 5.74) is 0. The van der Waals surface area contributed by atoms with Crippen LogP contribution in [-0.2, 0) is 13.6 Å². The fourth-order valence-corrected chi connectivity index (χ4v) is 2.90. The van der Waals surface area contributed by atoms with E-state index in [4.69, 9.17) is 0 Å². The van der Waals surface area contributed by atoms with E-state index in [0.717, 1.165) is 6.54 Å². The van der Waals surface area contributed by atoms with Gasteiger partial charge in [-0.2, -0.15) is 0 Å². The quantitative estimate of drug-likeness (QED) is 0.419. The summed E-state index contributed by atoms with van der Waals surface area (Å²) < 4.78 is 5.68. The van der Waals surface area contributed by atoms with E-state index >= 15 is 0 Å². The second-order valence-electron chi connectivity index (χ2n) is 5.57. The summed E-state index contributed by atoms with van der Waals surface area (Å²) in [6.45, 7) is 3.43. The van der Waals surface area contributed by atoms with E-state index in [-0.39, 0.29) is 0 Å². The van der Waals surface area contributed by atoms with Crippen LogP contribution in [0.1, 0.15) is 71.1 Å². The number of hydrogen-bond donors (Lipinski definition) is 0. The van der Waals surface area contributed by atoms with Gasteiger partial charge in [-0.05, 0) is 0 Å². The van der Waals surface area contributed by atoms with Gasteiger partial charge in [0.15, 0.2) is 0 Å². The number of imidazole rings is 1. The predicted octanol–water partition coefficient (Wildman–Crippen LogP) is 4.45. The summed E-state index contributed by atoms with van der Waals surface area (Å²) in [6, 6.07) is 0. The van der Waals surface area contributed by atoms with Crippen molar-refractivity contribution < 1.29 is 0 Å². The molecule has 0 atom stereocenters. The van der Waals surface area contributed by atoms with Gasteiger partial charge in [0, 0.05) is 0 Å². The molecular weight excluding hydrogens is 299 g/mol. The van der Waals surface area contributed by atoms with E-state index in [1.165, 1.54) is 68.5 Å². The molecule has 0 aliphatic carbocycles. The Morgan fingerprint density at radius 2 is 1.37 bits per heavy atom. The van der Waals surface area contributed by atoms with Crippen LogP contribution < -0.4 is 0 Å². The molecule has 0 N–H and O–H groups in total. The Morgan fingerprint density at radius 1 is 0.842 bits per heavy atom. The van der Waals surface area contributed by atoms with E-state index in [1.807, 2.05) is 0 Å². The molecule has 110 valence electrons. The van der Waals surface area contributed by atoms with E-state index < -0.39 is 0 Å². The molecule has 1 rings (SSSR count). The first-order chi connectivity index (χ1) is 9.25. The van der Waals surface area contributed by atoms with E-state index in [0.29, 0.717) is 0 Å². The van der Waals surface area contributed by atoms with Gasteiger partial charge in [-0.3, -0.25) is 0 Å². The van der Waals surface area contributed by atoms with Crippen molar-refractivity contribution in [2.24, 2.45) is 7.05 Å². The summed E-state index contributed by atoms with van der Waals surface area (Å²) >= 11 is 3.13. The molecule has 0 saturated carbocycles. The van der Waals surface area contributed by atoms with Gasteiger partial charge in [0.25, 0.3) is 0 Å². The van der Waals surface area contributed by atoms with Crippen LogP contribution in [0.3, 0.4) is 0 Å². The van der Waals surface area contributed by atoms with Gasteiger partial charge in [0.1, 0.15) is 0 Å². The standard InChI is InChI=1S/C16H30N2Se/c1-3-4-5-6-7-8-9-10-11-12-13-18-15-14-17(2)16(18)19/h14-15H,3-13H2,1-2H3. The first kappa shape index (κ1) is 16.8. The molecule has 0 saturated heterocycles. The molecule has 0 amide bonds. The molecule has 1 heterocycles. The molecule has 0 aliphatic rings. The summed E-state index contributed by atoms with van der Waals surface area (Å²) in [6.07, 6.45) is 18.3. The minimum absolute atomic E-state index is 1.15. The molecule has 3 heteroatoms. The molecule has 1 aromatic rings. The monoisotopic (exact) mass is 330 g/mol. The van der Waals surface area contributed by atoms with Crippen LogP contribution in [0.15, 0.2) is 12.4 Å². The SMILES string of the molecule is CCCCCCCCCCCCn1ccn(C)c1=[Se]. The van der Waals surface area contributed by atoms with Crippen LogP contribution in [0.2, 0.25) is 0 Å². The number of hydrogen-bond acceptors (Lipinski definition) is 0. The zero-order chi connectivity index (χ0) is 13.9. The van der Waals surface area contributed by atoms with Gasteiger partial charge >= 0.3 is 113 Å². The van der Waals surface area contributed by atoms with Gasteiger partial charge in [-0.1, -0.05) is 13.3 Å². The summed E-state index contributed by atoms with van der Waals surface area (Å²) in [7, 11) is 2.08. The number of nitrogens with zero attached hydrogens (tertiary/aromatic N) is 2. The van der Waals surface area contributed by atoms with Gasteiger partial charge in [0.2, 0.25) is 0 Å². The van der Waals surface area contributed by atoms with Crippen LogP contribution in [-0.4, -0.2) is 24.7 Å². The van der Waals surface area contributed by atoms with Crippen LogP contribution >= 0.6 is 0 Å². The molecule has 1 aromatic heterocycles. The first-order valence-electron chi connectivity index (χ1n) is 7.97. The summed E-state index contributed by atoms with van der Waals surface area (Å²) in [5, 5.41) is 0. The van der Waals surface area contributed by atoms with Crippen molar-refractivity contribution in [2.45, 2.75) is 77.7 Å². The van der Waals surface area contributed by atoms with E-state index in [1.54, 1.807) is 0 Å². The third kappa shape index (κ3) is 7.17. The first-order valence-corrected chi connectivity index (χ1v) is 8.83. The van der Waals surface area contributed by atoms with Crippen molar-refractivity contribution >= 4 is 15.6 Å². The third-order valence-electron chi connectivity index (χ3n) is 3.77. The Balaban J connectivity index is 1.91. The molecule has 0 aromatic carbocycles. The Labute approximate surface area is 126 Å². The van der Waals surface area contributed by atoms with Crippen molar-refractivity contribution in [3.63, 3.8) is 0 Å². The fraction of sp³-hybridized carbons (Fsp3) is 0.812. The van der Waals surface area contributed by atoms with Gasteiger partial charge in [-0.25, -0.2) is 0 Å². The fourth-order valence-electron chi connectivity index (χ4n) is 2.45. The number of aryl methyl sites for hydroxylation is 2. The topological polar surface area (TPSA) is 9.86 Å². The van der Waals surface area contributed by atoms with Crippen LogP contribution in [0.4, 0.5) is 0 Å². The molecular formula is C16H30N2Se. The Hall–Kier alpha value is -0.271.